The molecule has 29 heavy (non-hydrogen) atoms. The summed E-state index contributed by atoms with van der Waals surface area (Å²) in [6.07, 6.45) is 1.96. The van der Waals surface area contributed by atoms with Crippen LogP contribution in [0.25, 0.3) is 0 Å². The fourth-order valence-electron chi connectivity index (χ4n) is 3.79. The van der Waals surface area contributed by atoms with Crippen LogP contribution in [0.3, 0.4) is 0 Å². The second-order valence-electron chi connectivity index (χ2n) is 8.23. The molecule has 148 valence electrons. The fourth-order valence-corrected chi connectivity index (χ4v) is 6.44. The van der Waals surface area contributed by atoms with Gasteiger partial charge in [-0.1, -0.05) is 105 Å². The standard InChI is InChI=1S/C26H28NOP/c1-26(2,25-27-22(19-28-25)18-21-12-6-3-7-13-21)20-29(23-14-8-4-9-15-23)24-16-10-5-11-17-24/h3-17,22H,18-20H2,1-2H3/t22-/m0/s1. The molecule has 3 heteroatoms. The first-order valence-electron chi connectivity index (χ1n) is 10.2. The predicted octanol–water partition coefficient (Wildman–Crippen LogP) is 5.19. The van der Waals surface area contributed by atoms with E-state index in [0.29, 0.717) is 6.61 Å². The summed E-state index contributed by atoms with van der Waals surface area (Å²) in [5.74, 6) is 0.915. The monoisotopic (exact) mass is 401 g/mol. The van der Waals surface area contributed by atoms with Gasteiger partial charge in [-0.2, -0.15) is 0 Å². The molecular formula is C26H28NOP. The molecule has 0 unspecified atom stereocenters. The highest BCUT2D eigenvalue weighted by molar-refractivity contribution is 7.73. The minimum Gasteiger partial charge on any atom is -0.478 e. The van der Waals surface area contributed by atoms with Crippen LogP contribution in [0.1, 0.15) is 19.4 Å². The highest BCUT2D eigenvalue weighted by atomic mass is 31.1. The van der Waals surface area contributed by atoms with E-state index in [4.69, 9.17) is 9.73 Å². The Labute approximate surface area is 175 Å². The third kappa shape index (κ3) is 4.95. The number of ether oxygens (including phenoxy) is 1. The Morgan fingerprint density at radius 2 is 1.34 bits per heavy atom. The van der Waals surface area contributed by atoms with Crippen molar-refractivity contribution in [2.24, 2.45) is 10.4 Å². The van der Waals surface area contributed by atoms with Crippen molar-refractivity contribution >= 4 is 24.4 Å². The first-order valence-corrected chi connectivity index (χ1v) is 11.8. The molecule has 0 radical (unpaired) electrons. The third-order valence-electron chi connectivity index (χ3n) is 5.29. The Bertz CT molecular complexity index is 899. The number of benzene rings is 3. The summed E-state index contributed by atoms with van der Waals surface area (Å²) in [4.78, 5) is 5.00. The van der Waals surface area contributed by atoms with E-state index < -0.39 is 7.92 Å². The third-order valence-corrected chi connectivity index (χ3v) is 8.24. The maximum Gasteiger partial charge on any atom is 0.189 e. The van der Waals surface area contributed by atoms with Crippen molar-refractivity contribution in [2.75, 3.05) is 12.8 Å². The highest BCUT2D eigenvalue weighted by Gasteiger charge is 2.35. The van der Waals surface area contributed by atoms with Gasteiger partial charge in [0.2, 0.25) is 0 Å². The Balaban J connectivity index is 1.54. The summed E-state index contributed by atoms with van der Waals surface area (Å²) in [6.45, 7) is 5.23. The van der Waals surface area contributed by atoms with Crippen molar-refractivity contribution in [2.45, 2.75) is 26.3 Å². The van der Waals surface area contributed by atoms with Crippen LogP contribution >= 0.6 is 7.92 Å². The van der Waals surface area contributed by atoms with Gasteiger partial charge in [-0.25, -0.2) is 4.99 Å². The van der Waals surface area contributed by atoms with Gasteiger partial charge in [-0.05, 0) is 36.7 Å². The Morgan fingerprint density at radius 1 is 0.828 bits per heavy atom. The molecule has 2 nitrogen and oxygen atoms in total. The number of nitrogens with zero attached hydrogens (tertiary/aromatic N) is 1. The second-order valence-corrected chi connectivity index (χ2v) is 10.4. The average molecular weight is 401 g/mol. The van der Waals surface area contributed by atoms with Crippen molar-refractivity contribution < 1.29 is 4.74 Å². The minimum atomic E-state index is -0.478. The molecule has 0 N–H and O–H groups in total. The second kappa shape index (κ2) is 8.93. The average Bonchev–Trinajstić information content (AvgIpc) is 3.24. The number of rotatable bonds is 7. The van der Waals surface area contributed by atoms with Crippen LogP contribution in [-0.4, -0.2) is 24.7 Å². The van der Waals surface area contributed by atoms with Gasteiger partial charge in [0.25, 0.3) is 0 Å². The van der Waals surface area contributed by atoms with Crippen LogP contribution in [0.4, 0.5) is 0 Å². The maximum atomic E-state index is 6.14. The summed E-state index contributed by atoms with van der Waals surface area (Å²) in [7, 11) is -0.478. The Morgan fingerprint density at radius 3 is 1.90 bits per heavy atom. The number of aliphatic imine (C=N–C) groups is 1. The lowest BCUT2D eigenvalue weighted by Gasteiger charge is -2.30. The van der Waals surface area contributed by atoms with E-state index in [-0.39, 0.29) is 11.5 Å². The molecule has 1 aliphatic heterocycles. The topological polar surface area (TPSA) is 21.6 Å². The van der Waals surface area contributed by atoms with Gasteiger partial charge >= 0.3 is 0 Å². The van der Waals surface area contributed by atoms with Crippen LogP contribution in [-0.2, 0) is 11.2 Å². The van der Waals surface area contributed by atoms with Gasteiger partial charge in [-0.3, -0.25) is 0 Å². The van der Waals surface area contributed by atoms with Crippen LogP contribution in [0.15, 0.2) is 96.0 Å². The zero-order valence-corrected chi connectivity index (χ0v) is 18.1. The minimum absolute atomic E-state index is 0.108. The molecule has 1 aliphatic rings. The van der Waals surface area contributed by atoms with Crippen molar-refractivity contribution in [3.05, 3.63) is 96.6 Å². The van der Waals surface area contributed by atoms with Crippen molar-refractivity contribution in [3.63, 3.8) is 0 Å². The van der Waals surface area contributed by atoms with Gasteiger partial charge in [0.05, 0.1) is 6.04 Å². The first-order chi connectivity index (χ1) is 14.1. The molecule has 0 aliphatic carbocycles. The predicted molar refractivity (Wildman–Crippen MR) is 125 cm³/mol. The number of hydrogen-bond acceptors (Lipinski definition) is 2. The zero-order valence-electron chi connectivity index (χ0n) is 17.2. The Hall–Kier alpha value is -2.44. The zero-order chi connectivity index (χ0) is 20.1. The van der Waals surface area contributed by atoms with E-state index >= 15 is 0 Å². The SMILES string of the molecule is CC(C)(CP(c1ccccc1)c1ccccc1)C1=N[C@@H](Cc2ccccc2)CO1. The lowest BCUT2D eigenvalue weighted by Crippen LogP contribution is -2.31. The smallest absolute Gasteiger partial charge is 0.189 e. The van der Waals surface area contributed by atoms with E-state index in [0.717, 1.165) is 18.5 Å². The molecule has 3 aromatic rings. The van der Waals surface area contributed by atoms with E-state index in [2.05, 4.69) is 105 Å². The van der Waals surface area contributed by atoms with Crippen LogP contribution in [0.5, 0.6) is 0 Å². The van der Waals surface area contributed by atoms with Crippen LogP contribution < -0.4 is 10.6 Å². The summed E-state index contributed by atoms with van der Waals surface area (Å²) >= 11 is 0. The summed E-state index contributed by atoms with van der Waals surface area (Å²) in [6, 6.07) is 32.5. The number of hydrogen-bond donors (Lipinski definition) is 0. The molecule has 0 fully saturated rings. The lowest BCUT2D eigenvalue weighted by atomic mass is 9.96. The van der Waals surface area contributed by atoms with Crippen molar-refractivity contribution in [1.29, 1.82) is 0 Å². The van der Waals surface area contributed by atoms with E-state index in [9.17, 15) is 0 Å². The van der Waals surface area contributed by atoms with Gasteiger partial charge in [-0.15, -0.1) is 0 Å². The van der Waals surface area contributed by atoms with Gasteiger partial charge in [0.1, 0.15) is 6.61 Å². The summed E-state index contributed by atoms with van der Waals surface area (Å²) in [5, 5.41) is 2.81. The maximum absolute atomic E-state index is 6.14. The van der Waals surface area contributed by atoms with Crippen molar-refractivity contribution in [3.8, 4) is 0 Å². The molecule has 0 amide bonds. The van der Waals surface area contributed by atoms with E-state index in [1.54, 1.807) is 0 Å². The fraction of sp³-hybridized carbons (Fsp3) is 0.269. The molecule has 4 rings (SSSR count). The van der Waals surface area contributed by atoms with E-state index in [1.807, 2.05) is 0 Å². The van der Waals surface area contributed by atoms with Crippen LogP contribution in [0.2, 0.25) is 0 Å². The summed E-state index contributed by atoms with van der Waals surface area (Å²) < 4.78 is 6.14. The molecular weight excluding hydrogens is 373 g/mol. The highest BCUT2D eigenvalue weighted by Crippen LogP contribution is 2.42. The normalized spacial score (nSPS) is 16.5. The molecule has 0 saturated carbocycles. The molecule has 0 bridgehead atoms. The summed E-state index contributed by atoms with van der Waals surface area (Å²) in [5.41, 5.74) is 1.21. The molecule has 1 atom stereocenters. The molecule has 3 aromatic carbocycles. The quantitative estimate of drug-likeness (QED) is 0.500. The van der Waals surface area contributed by atoms with E-state index in [1.165, 1.54) is 16.2 Å². The molecule has 0 aromatic heterocycles. The molecule has 0 saturated heterocycles. The van der Waals surface area contributed by atoms with Crippen molar-refractivity contribution in [1.82, 2.24) is 0 Å². The van der Waals surface area contributed by atoms with Gasteiger partial charge in [0.15, 0.2) is 5.90 Å². The van der Waals surface area contributed by atoms with Gasteiger partial charge in [0, 0.05) is 5.41 Å². The first kappa shape index (κ1) is 19.9. The molecule has 1 heterocycles. The van der Waals surface area contributed by atoms with Gasteiger partial charge < -0.3 is 4.74 Å². The Kier molecular flexibility index (Phi) is 6.11. The lowest BCUT2D eigenvalue weighted by molar-refractivity contribution is 0.283. The molecule has 0 spiro atoms. The van der Waals surface area contributed by atoms with Crippen LogP contribution in [0, 0.1) is 5.41 Å². The largest absolute Gasteiger partial charge is 0.478 e.